The van der Waals surface area contributed by atoms with E-state index < -0.39 is 0 Å². The van der Waals surface area contributed by atoms with Gasteiger partial charge in [-0.25, -0.2) is 0 Å². The molecule has 0 saturated heterocycles. The molecule has 0 aliphatic heterocycles. The molecule has 2 saturated carbocycles. The lowest BCUT2D eigenvalue weighted by Crippen LogP contribution is -2.16. The Labute approximate surface area is 429 Å². The summed E-state index contributed by atoms with van der Waals surface area (Å²) in [7, 11) is 0. The first kappa shape index (κ1) is 50.0. The van der Waals surface area contributed by atoms with Gasteiger partial charge >= 0.3 is 0 Å². The van der Waals surface area contributed by atoms with Crippen molar-refractivity contribution in [3.05, 3.63) is 215 Å². The van der Waals surface area contributed by atoms with Gasteiger partial charge in [0, 0.05) is 0 Å². The topological polar surface area (TPSA) is 220 Å². The molecule has 4 N–H and O–H groups in total. The maximum absolute atomic E-state index is 12.2. The highest BCUT2D eigenvalue weighted by molar-refractivity contribution is 5.93. The maximum atomic E-state index is 12.2. The summed E-state index contributed by atoms with van der Waals surface area (Å²) >= 11 is 0. The number of nitrogens with zero attached hydrogens (tertiary/aromatic N) is 8. The third kappa shape index (κ3) is 16.0. The lowest BCUT2D eigenvalue weighted by atomic mass is 10.1. The minimum Gasteiger partial charge on any atom is -0.309 e. The Hall–Kier alpha value is -8.92. The van der Waals surface area contributed by atoms with E-state index >= 15 is 0 Å². The molecule has 0 spiro atoms. The molecular formula is C58H56N12O4. The van der Waals surface area contributed by atoms with E-state index in [9.17, 15) is 19.2 Å². The minimum atomic E-state index is -0.113. The zero-order valence-corrected chi connectivity index (χ0v) is 40.8. The van der Waals surface area contributed by atoms with Crippen molar-refractivity contribution in [3.8, 4) is 0 Å². The lowest BCUT2D eigenvalue weighted by molar-refractivity contribution is -0.116. The molecule has 16 heteroatoms. The number of amides is 4. The lowest BCUT2D eigenvalue weighted by Gasteiger charge is -2.06. The van der Waals surface area contributed by atoms with Crippen LogP contribution in [0.1, 0.15) is 57.9 Å². The predicted molar refractivity (Wildman–Crippen MR) is 281 cm³/mol. The van der Waals surface area contributed by atoms with Gasteiger partial charge in [-0.3, -0.25) is 19.2 Å². The van der Waals surface area contributed by atoms with Crippen molar-refractivity contribution in [1.82, 2.24) is 40.8 Å². The van der Waals surface area contributed by atoms with Crippen LogP contribution in [0.2, 0.25) is 0 Å². The number of aromatic nitrogens is 8. The number of carbonyl (C=O) groups excluding carboxylic acids is 4. The fraction of sp³-hybridized carbons (Fsp3) is 0.241. The molecule has 4 aromatic carbocycles. The second-order valence-electron chi connectivity index (χ2n) is 18.8. The second-order valence-corrected chi connectivity index (χ2v) is 18.8. The van der Waals surface area contributed by atoms with Crippen molar-refractivity contribution in [2.45, 2.75) is 64.2 Å². The fourth-order valence-electron chi connectivity index (χ4n) is 8.71. The van der Waals surface area contributed by atoms with E-state index in [-0.39, 0.29) is 23.6 Å². The Bertz CT molecular complexity index is 2660. The summed E-state index contributed by atoms with van der Waals surface area (Å²) in [5.74, 6) is 3.51. The monoisotopic (exact) mass is 984 g/mol. The number of carbonyl (C=O) groups is 4. The van der Waals surface area contributed by atoms with Crippen LogP contribution in [0.25, 0.3) is 0 Å². The molecule has 10 rings (SSSR count). The first-order valence-electron chi connectivity index (χ1n) is 24.9. The minimum absolute atomic E-state index is 0.113. The zero-order valence-electron chi connectivity index (χ0n) is 40.8. The van der Waals surface area contributed by atoms with Crippen LogP contribution < -0.4 is 21.3 Å². The summed E-state index contributed by atoms with van der Waals surface area (Å²) in [6.07, 6.45) is 6.80. The number of anilines is 4. The molecule has 74 heavy (non-hydrogen) atoms. The van der Waals surface area contributed by atoms with E-state index in [0.29, 0.717) is 72.6 Å². The largest absolute Gasteiger partial charge is 0.309 e. The summed E-state index contributed by atoms with van der Waals surface area (Å²) in [4.78, 5) is 48.8. The van der Waals surface area contributed by atoms with E-state index in [2.05, 4.69) is 62.1 Å². The van der Waals surface area contributed by atoms with Crippen molar-refractivity contribution in [2.75, 3.05) is 21.3 Å². The van der Waals surface area contributed by atoms with Gasteiger partial charge in [-0.15, -0.1) is 20.4 Å². The second kappa shape index (κ2) is 25.0. The van der Waals surface area contributed by atoms with Gasteiger partial charge in [-0.1, -0.05) is 121 Å². The Balaban J connectivity index is 0.000000182. The van der Waals surface area contributed by atoms with Gasteiger partial charge in [0.2, 0.25) is 23.6 Å². The Morgan fingerprint density at radius 1 is 0.297 bits per heavy atom. The maximum Gasteiger partial charge on any atom is 0.229 e. The summed E-state index contributed by atoms with van der Waals surface area (Å²) in [6, 6.07) is 53.3. The standard InChI is InChI=1S/2C29H28N6O2/c2*36-28(15-20-7-3-1-4-8-20)30-26-13-11-24(32-34-26)18-22-17-23(22)19-25-12-14-27(35-33-25)31-29(37)16-21-9-5-2-6-10-21/h2*1-14,22-23H,15-19H2,(H,30,34,36)(H,31,35,37)/t2*22-,23-/m10/s1. The molecule has 372 valence electrons. The average Bonchev–Trinajstić information content (AvgIpc) is 4.34. The van der Waals surface area contributed by atoms with E-state index in [4.69, 9.17) is 0 Å². The zero-order chi connectivity index (χ0) is 50.9. The predicted octanol–water partition coefficient (Wildman–Crippen LogP) is 8.10. The number of benzene rings is 4. The molecule has 2 aliphatic carbocycles. The molecule has 4 aromatic heterocycles. The number of rotatable bonds is 20. The van der Waals surface area contributed by atoms with Crippen molar-refractivity contribution < 1.29 is 19.2 Å². The molecule has 4 amide bonds. The molecule has 4 heterocycles. The average molecular weight is 985 g/mol. The molecule has 8 aromatic rings. The van der Waals surface area contributed by atoms with Crippen LogP contribution >= 0.6 is 0 Å². The molecule has 16 nitrogen and oxygen atoms in total. The Morgan fingerprint density at radius 2 is 0.514 bits per heavy atom. The highest BCUT2D eigenvalue weighted by atomic mass is 16.2. The van der Waals surface area contributed by atoms with Crippen LogP contribution in [0.3, 0.4) is 0 Å². The first-order valence-corrected chi connectivity index (χ1v) is 24.9. The highest BCUT2D eigenvalue weighted by Crippen LogP contribution is 2.43. The van der Waals surface area contributed by atoms with Crippen LogP contribution in [0.15, 0.2) is 170 Å². The number of hydrogen-bond acceptors (Lipinski definition) is 12. The molecule has 0 unspecified atom stereocenters. The molecule has 2 aliphatic rings. The summed E-state index contributed by atoms with van der Waals surface area (Å²) < 4.78 is 0. The normalized spacial score (nSPS) is 16.1. The smallest absolute Gasteiger partial charge is 0.229 e. The summed E-state index contributed by atoms with van der Waals surface area (Å²) in [5.41, 5.74) is 7.47. The van der Waals surface area contributed by atoms with Crippen molar-refractivity contribution in [3.63, 3.8) is 0 Å². The molecule has 0 radical (unpaired) electrons. The third-order valence-electron chi connectivity index (χ3n) is 12.8. The van der Waals surface area contributed by atoms with Gasteiger partial charge in [0.25, 0.3) is 0 Å². The Morgan fingerprint density at radius 3 is 0.703 bits per heavy atom. The Kier molecular flexibility index (Phi) is 16.9. The van der Waals surface area contributed by atoms with E-state index in [1.54, 1.807) is 24.3 Å². The number of nitrogens with one attached hydrogen (secondary N) is 4. The van der Waals surface area contributed by atoms with E-state index in [1.165, 1.54) is 0 Å². The van der Waals surface area contributed by atoms with Gasteiger partial charge < -0.3 is 21.3 Å². The van der Waals surface area contributed by atoms with Gasteiger partial charge in [0.1, 0.15) is 0 Å². The van der Waals surface area contributed by atoms with Crippen LogP contribution in [0.4, 0.5) is 23.3 Å². The summed E-state index contributed by atoms with van der Waals surface area (Å²) in [6.45, 7) is 0. The van der Waals surface area contributed by atoms with Crippen LogP contribution in [0, 0.1) is 23.7 Å². The molecular weight excluding hydrogens is 929 g/mol. The summed E-state index contributed by atoms with van der Waals surface area (Å²) in [5, 5.41) is 45.1. The van der Waals surface area contributed by atoms with Gasteiger partial charge in [0.15, 0.2) is 23.3 Å². The van der Waals surface area contributed by atoms with Gasteiger partial charge in [-0.05, 0) is 133 Å². The SMILES string of the molecule is O=C(Cc1ccccc1)Nc1ccc(C[C@@H]2C[C@H]2Cc2ccc(NC(=O)Cc3ccccc3)nn2)nn1.O=C(Cc1ccccc1)Nc1ccc(C[C@H]2C[C@@H]2Cc2ccc(NC(=O)Cc3ccccc3)nn2)nn1. The van der Waals surface area contributed by atoms with Crippen LogP contribution in [0.5, 0.6) is 0 Å². The highest BCUT2D eigenvalue weighted by Gasteiger charge is 2.38. The molecule has 4 atom stereocenters. The van der Waals surface area contributed by atoms with Gasteiger partial charge in [-0.2, -0.15) is 20.4 Å². The van der Waals surface area contributed by atoms with Crippen LogP contribution in [-0.4, -0.2) is 64.4 Å². The fourth-order valence-corrected chi connectivity index (χ4v) is 8.71. The van der Waals surface area contributed by atoms with E-state index in [0.717, 1.165) is 83.6 Å². The number of hydrogen-bond donors (Lipinski definition) is 4. The van der Waals surface area contributed by atoms with E-state index in [1.807, 2.05) is 146 Å². The van der Waals surface area contributed by atoms with Crippen LogP contribution in [-0.2, 0) is 70.5 Å². The van der Waals surface area contributed by atoms with Gasteiger partial charge in [0.05, 0.1) is 48.5 Å². The van der Waals surface area contributed by atoms with Crippen molar-refractivity contribution >= 4 is 46.9 Å². The molecule has 2 fully saturated rings. The third-order valence-corrected chi connectivity index (χ3v) is 12.8. The van der Waals surface area contributed by atoms with Crippen molar-refractivity contribution in [1.29, 1.82) is 0 Å². The molecule has 0 bridgehead atoms. The van der Waals surface area contributed by atoms with Crippen molar-refractivity contribution in [2.24, 2.45) is 23.7 Å². The quantitative estimate of drug-likeness (QED) is 0.0569. The first-order chi connectivity index (χ1) is 36.2.